The van der Waals surface area contributed by atoms with Crippen LogP contribution in [-0.2, 0) is 10.3 Å². The lowest BCUT2D eigenvalue weighted by molar-refractivity contribution is -0.192. The number of alkyl halides is 3. The Morgan fingerprint density at radius 3 is 1.47 bits per heavy atom. The first kappa shape index (κ1) is 26.6. The molecule has 6 nitrogen and oxygen atoms in total. The number of carboxylic acids is 1. The molecule has 0 aliphatic heterocycles. The van der Waals surface area contributed by atoms with Crippen LogP contribution in [-0.4, -0.2) is 39.0 Å². The van der Waals surface area contributed by atoms with Gasteiger partial charge >= 0.3 is 12.1 Å². The smallest absolute Gasteiger partial charge is 0.475 e. The molecule has 186 valence electrons. The van der Waals surface area contributed by atoms with Crippen molar-refractivity contribution in [2.75, 3.05) is 6.26 Å². The van der Waals surface area contributed by atoms with Crippen LogP contribution < -0.4 is 5.73 Å². The van der Waals surface area contributed by atoms with Gasteiger partial charge in [0.1, 0.15) is 11.2 Å². The predicted molar refractivity (Wildman–Crippen MR) is 131 cm³/mol. The van der Waals surface area contributed by atoms with Gasteiger partial charge in [-0.15, -0.1) is 0 Å². The predicted octanol–water partition coefficient (Wildman–Crippen LogP) is 5.18. The minimum Gasteiger partial charge on any atom is -0.475 e. The molecule has 1 aromatic heterocycles. The Bertz CT molecular complexity index is 1220. The number of nitrogens with two attached hydrogens (primary N) is 1. The van der Waals surface area contributed by atoms with E-state index in [9.17, 15) is 18.0 Å². The molecular weight excluding hydrogens is 491 g/mol. The third-order valence-electron chi connectivity index (χ3n) is 5.29. The van der Waals surface area contributed by atoms with Crippen LogP contribution in [0.25, 0.3) is 0 Å². The van der Waals surface area contributed by atoms with Crippen LogP contribution in [0, 0.1) is 0 Å². The molecule has 0 radical (unpaired) electrons. The van der Waals surface area contributed by atoms with Crippen molar-refractivity contribution in [3.05, 3.63) is 120 Å². The van der Waals surface area contributed by atoms with Crippen LogP contribution in [0.3, 0.4) is 0 Å². The Labute approximate surface area is 209 Å². The number of aromatic nitrogens is 2. The highest BCUT2D eigenvalue weighted by atomic mass is 32.2. The first-order valence-corrected chi connectivity index (χ1v) is 11.7. The zero-order chi connectivity index (χ0) is 26.3. The van der Waals surface area contributed by atoms with Gasteiger partial charge in [-0.25, -0.2) is 9.78 Å². The molecule has 0 atom stereocenters. The Balaban J connectivity index is 0.000000454. The lowest BCUT2D eigenvalue weighted by Gasteiger charge is -2.38. The van der Waals surface area contributed by atoms with Gasteiger partial charge in [0.05, 0.1) is 0 Å². The van der Waals surface area contributed by atoms with E-state index in [0.29, 0.717) is 0 Å². The van der Waals surface area contributed by atoms with Crippen molar-refractivity contribution in [1.29, 1.82) is 0 Å². The van der Waals surface area contributed by atoms with Crippen molar-refractivity contribution in [2.45, 2.75) is 16.9 Å². The highest BCUT2D eigenvalue weighted by Gasteiger charge is 2.40. The molecule has 1 amide bonds. The van der Waals surface area contributed by atoms with Gasteiger partial charge in [-0.3, -0.25) is 4.79 Å². The summed E-state index contributed by atoms with van der Waals surface area (Å²) in [6.45, 7) is 0. The molecule has 0 bridgehead atoms. The number of carbonyl (C=O) groups excluding carboxylic acids is 1. The molecule has 3 aromatic carbocycles. The number of rotatable bonds is 6. The number of thioether (sulfide) groups is 1. The maximum atomic E-state index is 12.0. The molecule has 0 unspecified atom stereocenters. The van der Waals surface area contributed by atoms with Crippen LogP contribution in [0.4, 0.5) is 13.2 Å². The van der Waals surface area contributed by atoms with Gasteiger partial charge in [0, 0.05) is 6.20 Å². The summed E-state index contributed by atoms with van der Waals surface area (Å²) >= 11 is 1.49. The number of nitrogens with zero attached hydrogens (tertiary/aromatic N) is 2. The van der Waals surface area contributed by atoms with Crippen molar-refractivity contribution in [3.8, 4) is 0 Å². The van der Waals surface area contributed by atoms with E-state index in [1.54, 1.807) is 6.20 Å². The molecule has 1 heterocycles. The third kappa shape index (κ3) is 5.44. The number of hydrogen-bond acceptors (Lipinski definition) is 4. The van der Waals surface area contributed by atoms with E-state index in [1.807, 2.05) is 60.9 Å². The summed E-state index contributed by atoms with van der Waals surface area (Å²) in [5, 5.41) is 7.84. The SMILES string of the molecule is CSc1nc(C(N)=O)cn1C(c1ccccc1)(c1ccccc1)c1ccccc1.O=C(O)C(F)(F)F. The van der Waals surface area contributed by atoms with Crippen LogP contribution >= 0.6 is 11.8 Å². The van der Waals surface area contributed by atoms with E-state index in [1.165, 1.54) is 11.8 Å². The number of carboxylic acid groups (broad SMARTS) is 1. The molecule has 10 heteroatoms. The van der Waals surface area contributed by atoms with Gasteiger partial charge in [0.2, 0.25) is 0 Å². The lowest BCUT2D eigenvalue weighted by atomic mass is 9.77. The summed E-state index contributed by atoms with van der Waals surface area (Å²) in [6, 6.07) is 30.8. The number of halogens is 3. The zero-order valence-electron chi connectivity index (χ0n) is 19.0. The third-order valence-corrected chi connectivity index (χ3v) is 5.94. The van der Waals surface area contributed by atoms with E-state index in [0.717, 1.165) is 21.8 Å². The number of benzene rings is 3. The average molecular weight is 514 g/mol. The number of imidazole rings is 1. The van der Waals surface area contributed by atoms with Gasteiger partial charge < -0.3 is 15.4 Å². The maximum Gasteiger partial charge on any atom is 0.490 e. The fourth-order valence-electron chi connectivity index (χ4n) is 3.82. The fraction of sp³-hybridized carbons (Fsp3) is 0.115. The molecule has 4 aromatic rings. The summed E-state index contributed by atoms with van der Waals surface area (Å²) in [5.41, 5.74) is 8.34. The van der Waals surface area contributed by atoms with Crippen LogP contribution in [0.15, 0.2) is 102 Å². The summed E-state index contributed by atoms with van der Waals surface area (Å²) in [7, 11) is 0. The molecule has 0 aliphatic carbocycles. The van der Waals surface area contributed by atoms with Crippen LogP contribution in [0.1, 0.15) is 27.2 Å². The van der Waals surface area contributed by atoms with E-state index in [2.05, 4.69) is 45.9 Å². The van der Waals surface area contributed by atoms with E-state index in [4.69, 9.17) is 15.6 Å². The molecule has 0 spiro atoms. The minimum atomic E-state index is -5.08. The molecular formula is C26H22F3N3O3S. The molecule has 36 heavy (non-hydrogen) atoms. The van der Waals surface area contributed by atoms with Crippen LogP contribution in [0.2, 0.25) is 0 Å². The number of aliphatic carboxylic acids is 1. The van der Waals surface area contributed by atoms with Crippen LogP contribution in [0.5, 0.6) is 0 Å². The highest BCUT2D eigenvalue weighted by Crippen LogP contribution is 2.42. The van der Waals surface area contributed by atoms with Gasteiger partial charge in [0.25, 0.3) is 5.91 Å². The molecule has 3 N–H and O–H groups in total. The second-order valence-electron chi connectivity index (χ2n) is 7.46. The number of primary amides is 1. The van der Waals surface area contributed by atoms with Crippen molar-refractivity contribution in [2.24, 2.45) is 5.73 Å². The fourth-order valence-corrected chi connectivity index (χ4v) is 4.40. The summed E-state index contributed by atoms with van der Waals surface area (Å²) in [5.74, 6) is -3.30. The second-order valence-corrected chi connectivity index (χ2v) is 8.23. The Hall–Kier alpha value is -4.05. The number of hydrogen-bond donors (Lipinski definition) is 2. The van der Waals surface area contributed by atoms with Gasteiger partial charge in [0.15, 0.2) is 5.16 Å². The molecule has 0 aliphatic rings. The first-order chi connectivity index (χ1) is 17.1. The van der Waals surface area contributed by atoms with E-state index in [-0.39, 0.29) is 5.69 Å². The minimum absolute atomic E-state index is 0.251. The van der Waals surface area contributed by atoms with Crippen molar-refractivity contribution >= 4 is 23.6 Å². The molecule has 0 fully saturated rings. The summed E-state index contributed by atoms with van der Waals surface area (Å²) < 4.78 is 33.8. The largest absolute Gasteiger partial charge is 0.490 e. The molecule has 0 saturated heterocycles. The normalized spacial score (nSPS) is 11.3. The summed E-state index contributed by atoms with van der Waals surface area (Å²) in [4.78, 5) is 25.4. The summed E-state index contributed by atoms with van der Waals surface area (Å²) in [6.07, 6.45) is -1.36. The van der Waals surface area contributed by atoms with Gasteiger partial charge in [-0.05, 0) is 22.9 Å². The monoisotopic (exact) mass is 513 g/mol. The Morgan fingerprint density at radius 2 is 1.19 bits per heavy atom. The maximum absolute atomic E-state index is 12.0. The standard InChI is InChI=1S/C24H21N3OS.C2HF3O2/c1-29-23-26-21(22(25)28)17-27(23)24(18-11-5-2-6-12-18,19-13-7-3-8-14-19)20-15-9-4-10-16-20;3-2(4,5)1(6)7/h2-17H,1H3,(H2,25,28);(H,6,7). The van der Waals surface area contributed by atoms with Crippen molar-refractivity contribution in [3.63, 3.8) is 0 Å². The second kappa shape index (κ2) is 11.1. The highest BCUT2D eigenvalue weighted by molar-refractivity contribution is 7.98. The van der Waals surface area contributed by atoms with Crippen molar-refractivity contribution < 1.29 is 27.9 Å². The van der Waals surface area contributed by atoms with Gasteiger partial charge in [-0.1, -0.05) is 103 Å². The van der Waals surface area contributed by atoms with Gasteiger partial charge in [-0.2, -0.15) is 13.2 Å². The first-order valence-electron chi connectivity index (χ1n) is 10.5. The van der Waals surface area contributed by atoms with E-state index >= 15 is 0 Å². The molecule has 0 saturated carbocycles. The lowest BCUT2D eigenvalue weighted by Crippen LogP contribution is -2.37. The number of carbonyl (C=O) groups is 2. The topological polar surface area (TPSA) is 98.2 Å². The number of amides is 1. The Kier molecular flexibility index (Phi) is 8.21. The average Bonchev–Trinajstić information content (AvgIpc) is 3.32. The molecule has 4 rings (SSSR count). The Morgan fingerprint density at radius 1 is 0.833 bits per heavy atom. The zero-order valence-corrected chi connectivity index (χ0v) is 19.8. The van der Waals surface area contributed by atoms with E-state index < -0.39 is 23.6 Å². The quantitative estimate of drug-likeness (QED) is 0.274. The van der Waals surface area contributed by atoms with Crippen molar-refractivity contribution in [1.82, 2.24) is 9.55 Å².